The maximum atomic E-state index is 6.23. The molecule has 0 bridgehead atoms. The van der Waals surface area contributed by atoms with Gasteiger partial charge in [-0.3, -0.25) is 0 Å². The molecule has 2 aromatic rings. The van der Waals surface area contributed by atoms with Crippen LogP contribution in [0.4, 0.5) is 0 Å². The second-order valence-corrected chi connectivity index (χ2v) is 4.66. The number of nitrogens with two attached hydrogens (primary N) is 1. The molecular weight excluding hydrogens is 246 g/mol. The van der Waals surface area contributed by atoms with Crippen LogP contribution in [0.15, 0.2) is 35.0 Å². The molecule has 2 rings (SSSR count). The zero-order valence-corrected chi connectivity index (χ0v) is 11.4. The summed E-state index contributed by atoms with van der Waals surface area (Å²) < 4.78 is 10.8. The van der Waals surface area contributed by atoms with Crippen LogP contribution in [-0.2, 0) is 0 Å². The van der Waals surface area contributed by atoms with Gasteiger partial charge in [-0.25, -0.2) is 0 Å². The molecule has 0 unspecified atom stereocenters. The highest BCUT2D eigenvalue weighted by molar-refractivity contribution is 7.08. The fourth-order valence-corrected chi connectivity index (χ4v) is 2.50. The molecule has 0 aliphatic heterocycles. The van der Waals surface area contributed by atoms with Crippen LogP contribution in [0.25, 0.3) is 0 Å². The fraction of sp³-hybridized carbons (Fsp3) is 0.286. The van der Waals surface area contributed by atoms with Crippen molar-refractivity contribution in [3.8, 4) is 11.5 Å². The minimum atomic E-state index is -0.124. The van der Waals surface area contributed by atoms with Crippen molar-refractivity contribution in [3.05, 3.63) is 46.2 Å². The van der Waals surface area contributed by atoms with Crippen LogP contribution in [0, 0.1) is 0 Å². The third-order valence-electron chi connectivity index (χ3n) is 2.75. The third-order valence-corrected chi connectivity index (χ3v) is 3.45. The van der Waals surface area contributed by atoms with E-state index in [0.717, 1.165) is 22.6 Å². The summed E-state index contributed by atoms with van der Waals surface area (Å²) in [5, 5.41) is 4.09. The molecule has 0 aliphatic carbocycles. The van der Waals surface area contributed by atoms with E-state index in [1.54, 1.807) is 18.4 Å². The molecule has 2 N–H and O–H groups in total. The summed E-state index contributed by atoms with van der Waals surface area (Å²) in [5.74, 6) is 1.47. The van der Waals surface area contributed by atoms with Gasteiger partial charge in [0.2, 0.25) is 0 Å². The fourth-order valence-electron chi connectivity index (χ4n) is 1.80. The van der Waals surface area contributed by atoms with Crippen molar-refractivity contribution in [2.24, 2.45) is 5.73 Å². The number of ether oxygens (including phenoxy) is 2. The lowest BCUT2D eigenvalue weighted by Crippen LogP contribution is -2.11. The quantitative estimate of drug-likeness (QED) is 0.901. The number of benzene rings is 1. The highest BCUT2D eigenvalue weighted by Gasteiger charge is 2.12. The maximum absolute atomic E-state index is 6.23. The summed E-state index contributed by atoms with van der Waals surface area (Å²) in [7, 11) is 1.64. The van der Waals surface area contributed by atoms with Crippen LogP contribution < -0.4 is 15.2 Å². The molecule has 0 amide bonds. The molecule has 1 heterocycles. The van der Waals surface area contributed by atoms with Crippen molar-refractivity contribution < 1.29 is 9.47 Å². The highest BCUT2D eigenvalue weighted by Crippen LogP contribution is 2.32. The van der Waals surface area contributed by atoms with Gasteiger partial charge in [0.05, 0.1) is 19.8 Å². The lowest BCUT2D eigenvalue weighted by atomic mass is 10.0. The molecule has 96 valence electrons. The van der Waals surface area contributed by atoms with Gasteiger partial charge in [0.1, 0.15) is 0 Å². The molecule has 0 radical (unpaired) electrons. The van der Waals surface area contributed by atoms with E-state index < -0.39 is 0 Å². The van der Waals surface area contributed by atoms with Crippen molar-refractivity contribution in [1.82, 2.24) is 0 Å². The van der Waals surface area contributed by atoms with Crippen LogP contribution >= 0.6 is 11.3 Å². The smallest absolute Gasteiger partial charge is 0.161 e. The van der Waals surface area contributed by atoms with Gasteiger partial charge in [-0.1, -0.05) is 6.07 Å². The number of methoxy groups -OCH3 is 1. The Morgan fingerprint density at radius 2 is 2.06 bits per heavy atom. The molecule has 1 aromatic carbocycles. The minimum absolute atomic E-state index is 0.124. The predicted octanol–water partition coefficient (Wildman–Crippen LogP) is 3.20. The topological polar surface area (TPSA) is 44.5 Å². The third kappa shape index (κ3) is 2.66. The highest BCUT2D eigenvalue weighted by atomic mass is 32.1. The first-order valence-corrected chi connectivity index (χ1v) is 6.79. The first-order valence-electron chi connectivity index (χ1n) is 5.84. The summed E-state index contributed by atoms with van der Waals surface area (Å²) in [6.07, 6.45) is 0. The average Bonchev–Trinajstić information content (AvgIpc) is 2.92. The largest absolute Gasteiger partial charge is 0.493 e. The normalized spacial score (nSPS) is 12.2. The molecule has 0 spiro atoms. The van der Waals surface area contributed by atoms with E-state index in [0.29, 0.717) is 6.61 Å². The van der Waals surface area contributed by atoms with E-state index in [-0.39, 0.29) is 6.04 Å². The van der Waals surface area contributed by atoms with Crippen molar-refractivity contribution in [2.45, 2.75) is 13.0 Å². The summed E-state index contributed by atoms with van der Waals surface area (Å²) in [6, 6.07) is 7.74. The van der Waals surface area contributed by atoms with Gasteiger partial charge in [0, 0.05) is 0 Å². The van der Waals surface area contributed by atoms with Crippen molar-refractivity contribution in [1.29, 1.82) is 0 Å². The van der Waals surface area contributed by atoms with Gasteiger partial charge >= 0.3 is 0 Å². The van der Waals surface area contributed by atoms with E-state index >= 15 is 0 Å². The first kappa shape index (κ1) is 12.9. The molecule has 18 heavy (non-hydrogen) atoms. The summed E-state index contributed by atoms with van der Waals surface area (Å²) in [4.78, 5) is 0. The zero-order valence-electron chi connectivity index (χ0n) is 10.6. The van der Waals surface area contributed by atoms with Gasteiger partial charge in [0.15, 0.2) is 11.5 Å². The molecule has 0 saturated heterocycles. The number of thiophene rings is 1. The summed E-state index contributed by atoms with van der Waals surface area (Å²) in [6.45, 7) is 2.55. The maximum Gasteiger partial charge on any atom is 0.161 e. The SMILES string of the molecule is CCOc1cc([C@@H](N)c2ccsc2)ccc1OC. The molecular formula is C14H17NO2S. The monoisotopic (exact) mass is 263 g/mol. The van der Waals surface area contributed by atoms with E-state index in [1.165, 1.54) is 0 Å². The zero-order chi connectivity index (χ0) is 13.0. The number of hydrogen-bond acceptors (Lipinski definition) is 4. The molecule has 4 heteroatoms. The molecule has 1 atom stereocenters. The van der Waals surface area contributed by atoms with E-state index in [1.807, 2.05) is 36.6 Å². The first-order chi connectivity index (χ1) is 8.76. The molecule has 3 nitrogen and oxygen atoms in total. The Bertz CT molecular complexity index is 497. The van der Waals surface area contributed by atoms with Gasteiger partial charge in [0.25, 0.3) is 0 Å². The minimum Gasteiger partial charge on any atom is -0.493 e. The summed E-state index contributed by atoms with van der Waals surface area (Å²) in [5.41, 5.74) is 8.37. The van der Waals surface area contributed by atoms with Crippen LogP contribution in [-0.4, -0.2) is 13.7 Å². The van der Waals surface area contributed by atoms with E-state index in [4.69, 9.17) is 15.2 Å². The lowest BCUT2D eigenvalue weighted by molar-refractivity contribution is 0.310. The Labute approximate surface area is 111 Å². The molecule has 1 aromatic heterocycles. The standard InChI is InChI=1S/C14H17NO2S/c1-3-17-13-8-10(4-5-12(13)16-2)14(15)11-6-7-18-9-11/h4-9,14H,3,15H2,1-2H3/t14-/m1/s1. The van der Waals surface area contributed by atoms with Crippen molar-refractivity contribution in [2.75, 3.05) is 13.7 Å². The van der Waals surface area contributed by atoms with Gasteiger partial charge < -0.3 is 15.2 Å². The van der Waals surface area contributed by atoms with Gasteiger partial charge in [-0.05, 0) is 47.0 Å². The van der Waals surface area contributed by atoms with Gasteiger partial charge in [-0.15, -0.1) is 0 Å². The molecule has 0 fully saturated rings. The number of hydrogen-bond donors (Lipinski definition) is 1. The Kier molecular flexibility index (Phi) is 4.23. The van der Waals surface area contributed by atoms with Crippen molar-refractivity contribution in [3.63, 3.8) is 0 Å². The van der Waals surface area contributed by atoms with Gasteiger partial charge in [-0.2, -0.15) is 11.3 Å². The van der Waals surface area contributed by atoms with E-state index in [9.17, 15) is 0 Å². The Balaban J connectivity index is 2.31. The van der Waals surface area contributed by atoms with Crippen LogP contribution in [0.1, 0.15) is 24.1 Å². The van der Waals surface area contributed by atoms with E-state index in [2.05, 4.69) is 5.38 Å². The number of rotatable bonds is 5. The second kappa shape index (κ2) is 5.89. The average molecular weight is 263 g/mol. The van der Waals surface area contributed by atoms with Crippen LogP contribution in [0.2, 0.25) is 0 Å². The lowest BCUT2D eigenvalue weighted by Gasteiger charge is -2.14. The van der Waals surface area contributed by atoms with Crippen molar-refractivity contribution >= 4 is 11.3 Å². The van der Waals surface area contributed by atoms with Crippen LogP contribution in [0.3, 0.4) is 0 Å². The molecule has 0 saturated carbocycles. The summed E-state index contributed by atoms with van der Waals surface area (Å²) >= 11 is 1.65. The Morgan fingerprint density at radius 1 is 1.22 bits per heavy atom. The Hall–Kier alpha value is -1.52. The van der Waals surface area contributed by atoms with Crippen LogP contribution in [0.5, 0.6) is 11.5 Å². The molecule has 0 aliphatic rings. The Morgan fingerprint density at radius 3 is 2.67 bits per heavy atom. The second-order valence-electron chi connectivity index (χ2n) is 3.88. The predicted molar refractivity (Wildman–Crippen MR) is 74.5 cm³/mol.